The van der Waals surface area contributed by atoms with Gasteiger partial charge in [-0.3, -0.25) is 0 Å². The first kappa shape index (κ1) is 9.50. The van der Waals surface area contributed by atoms with E-state index in [4.69, 9.17) is 0 Å². The second-order valence-electron chi connectivity index (χ2n) is 3.91. The van der Waals surface area contributed by atoms with Gasteiger partial charge < -0.3 is 0 Å². The van der Waals surface area contributed by atoms with Crippen LogP contribution in [0.3, 0.4) is 0 Å². The molecule has 0 N–H and O–H groups in total. The maximum atomic E-state index is 2.32. The van der Waals surface area contributed by atoms with Gasteiger partial charge >= 0.3 is 75.6 Å². The molecule has 64 valence electrons. The van der Waals surface area contributed by atoms with Crippen LogP contribution in [0.15, 0.2) is 24.2 Å². The summed E-state index contributed by atoms with van der Waals surface area (Å²) in [7, 11) is 0. The van der Waals surface area contributed by atoms with Crippen molar-refractivity contribution in [2.45, 2.75) is 27.2 Å². The van der Waals surface area contributed by atoms with Crippen molar-refractivity contribution in [2.24, 2.45) is 11.8 Å². The fourth-order valence-electron chi connectivity index (χ4n) is 1.22. The second kappa shape index (κ2) is 4.44. The Labute approximate surface area is 76.2 Å². The molecule has 1 atom stereocenters. The van der Waals surface area contributed by atoms with Crippen LogP contribution in [0.25, 0.3) is 0 Å². The van der Waals surface area contributed by atoms with Gasteiger partial charge in [0.25, 0.3) is 0 Å². The van der Waals surface area contributed by atoms with E-state index in [-0.39, 0.29) is 0 Å². The monoisotopic (exact) mass is 160 g/mol. The molecule has 1 unspecified atom stereocenters. The predicted octanol–water partition coefficient (Wildman–Crippen LogP) is 2.86. The third kappa shape index (κ3) is 2.81. The molecule has 0 saturated carbocycles. The van der Waals surface area contributed by atoms with E-state index in [9.17, 15) is 0 Å². The first-order valence-electron chi connectivity index (χ1n) is 4.74. The number of hydrogen-bond donors (Lipinski definition) is 0. The summed E-state index contributed by atoms with van der Waals surface area (Å²) in [6, 6.07) is 6.39. The topological polar surface area (TPSA) is 0 Å². The molecule has 0 bridgehead atoms. The summed E-state index contributed by atoms with van der Waals surface area (Å²) < 4.78 is 0. The molecule has 0 amide bonds. The van der Waals surface area contributed by atoms with Gasteiger partial charge in [0.2, 0.25) is 0 Å². The Bertz CT molecular complexity index is 216. The van der Waals surface area contributed by atoms with E-state index in [1.165, 1.54) is 11.9 Å². The molecule has 0 fully saturated rings. The molecule has 0 aliphatic rings. The Kier molecular flexibility index (Phi) is 3.52. The summed E-state index contributed by atoms with van der Waals surface area (Å²) in [6.45, 7) is 9.10. The van der Waals surface area contributed by atoms with Gasteiger partial charge in [0.15, 0.2) is 0 Å². The van der Waals surface area contributed by atoms with Crippen LogP contribution in [0.5, 0.6) is 0 Å². The Morgan fingerprint density at radius 2 is 2.00 bits per heavy atom. The number of rotatable bonds is 3. The van der Waals surface area contributed by atoms with E-state index in [1.54, 1.807) is 0 Å². The van der Waals surface area contributed by atoms with E-state index in [1.807, 2.05) is 0 Å². The Hall–Kier alpha value is -0.585. The van der Waals surface area contributed by atoms with Crippen molar-refractivity contribution in [1.82, 2.24) is 0 Å². The summed E-state index contributed by atoms with van der Waals surface area (Å²) in [5.41, 5.74) is 1.46. The van der Waals surface area contributed by atoms with Crippen molar-refractivity contribution >= 4 is 6.91 Å². The predicted molar refractivity (Wildman–Crippen MR) is 55.5 cm³/mol. The summed E-state index contributed by atoms with van der Waals surface area (Å²) in [5.74, 6) is 3.68. The molecule has 0 spiro atoms. The van der Waals surface area contributed by atoms with Crippen molar-refractivity contribution in [1.29, 1.82) is 0 Å². The third-order valence-corrected chi connectivity index (χ3v) is 2.54. The van der Waals surface area contributed by atoms with Crippen LogP contribution in [0, 0.1) is 11.8 Å². The molecular formula is C11H17B. The summed E-state index contributed by atoms with van der Waals surface area (Å²) in [4.78, 5) is 0. The first-order chi connectivity index (χ1) is 5.70. The van der Waals surface area contributed by atoms with E-state index in [2.05, 4.69) is 51.8 Å². The molecule has 0 aliphatic carbocycles. The van der Waals surface area contributed by atoms with E-state index >= 15 is 0 Å². The molecule has 0 nitrogen and oxygen atoms in total. The molecule has 1 aromatic rings. The Morgan fingerprint density at radius 3 is 2.50 bits per heavy atom. The van der Waals surface area contributed by atoms with Crippen molar-refractivity contribution in [3.63, 3.8) is 0 Å². The van der Waals surface area contributed by atoms with Crippen LogP contribution >= 0.6 is 0 Å². The van der Waals surface area contributed by atoms with E-state index in [0.29, 0.717) is 0 Å². The zero-order chi connectivity index (χ0) is 8.97. The van der Waals surface area contributed by atoms with Crippen LogP contribution in [0.2, 0.25) is 0 Å². The van der Waals surface area contributed by atoms with Gasteiger partial charge in [0.1, 0.15) is 0 Å². The zero-order valence-corrected chi connectivity index (χ0v) is 8.25. The molecule has 0 aromatic carbocycles. The summed E-state index contributed by atoms with van der Waals surface area (Å²) in [5, 5.41) is 0. The van der Waals surface area contributed by atoms with Gasteiger partial charge in [-0.25, -0.2) is 0 Å². The molecule has 1 rings (SSSR count). The average molecular weight is 160 g/mol. The van der Waals surface area contributed by atoms with Crippen LogP contribution < -0.4 is 0 Å². The van der Waals surface area contributed by atoms with Crippen LogP contribution in [-0.2, 0) is 6.42 Å². The normalized spacial score (nSPS) is 13.0. The Morgan fingerprint density at radius 1 is 1.25 bits per heavy atom. The maximum absolute atomic E-state index is 2.32. The van der Waals surface area contributed by atoms with Gasteiger partial charge in [-0.1, -0.05) is 0 Å². The minimum absolute atomic E-state index is 0.783. The van der Waals surface area contributed by atoms with Gasteiger partial charge in [-0.15, -0.1) is 0 Å². The fourth-order valence-corrected chi connectivity index (χ4v) is 1.22. The Balaban J connectivity index is 2.53. The van der Waals surface area contributed by atoms with E-state index < -0.39 is 0 Å². The number of hydrogen-bond acceptors (Lipinski definition) is 0. The zero-order valence-electron chi connectivity index (χ0n) is 8.25. The SMILES string of the molecule is CC(C)C(C)Cc1bcccc1. The minimum atomic E-state index is 0.783. The van der Waals surface area contributed by atoms with Gasteiger partial charge in [-0.2, -0.15) is 0 Å². The van der Waals surface area contributed by atoms with Crippen molar-refractivity contribution in [3.05, 3.63) is 29.6 Å². The average Bonchev–Trinajstić information content (AvgIpc) is 2.06. The molecule has 12 heavy (non-hydrogen) atoms. The third-order valence-electron chi connectivity index (χ3n) is 2.54. The fraction of sp³-hybridized carbons (Fsp3) is 0.545. The first-order valence-corrected chi connectivity index (χ1v) is 4.74. The molecule has 0 aliphatic heterocycles. The van der Waals surface area contributed by atoms with Crippen molar-refractivity contribution in [2.75, 3.05) is 0 Å². The van der Waals surface area contributed by atoms with E-state index in [0.717, 1.165) is 11.8 Å². The summed E-state index contributed by atoms with van der Waals surface area (Å²) >= 11 is 0. The second-order valence-corrected chi connectivity index (χ2v) is 3.91. The molecule has 1 heteroatoms. The summed E-state index contributed by atoms with van der Waals surface area (Å²) in [6.07, 6.45) is 1.21. The standard InChI is InChI=1S/C11H17B/c1-9(2)10(3)8-11-6-4-5-7-12-11/h4-7,9-10H,8H2,1-3H3. The van der Waals surface area contributed by atoms with Crippen molar-refractivity contribution in [3.8, 4) is 0 Å². The molecule has 1 heterocycles. The molecule has 1 aromatic heterocycles. The molecule has 0 saturated heterocycles. The van der Waals surface area contributed by atoms with Gasteiger partial charge in [0, 0.05) is 0 Å². The molecule has 0 radical (unpaired) electrons. The van der Waals surface area contributed by atoms with Gasteiger partial charge in [0.05, 0.1) is 0 Å². The quantitative estimate of drug-likeness (QED) is 0.637. The van der Waals surface area contributed by atoms with Crippen LogP contribution in [0.4, 0.5) is 0 Å². The van der Waals surface area contributed by atoms with Crippen LogP contribution in [-0.4, -0.2) is 6.91 Å². The van der Waals surface area contributed by atoms with Gasteiger partial charge in [-0.05, 0) is 0 Å². The van der Waals surface area contributed by atoms with Crippen LogP contribution in [0.1, 0.15) is 26.2 Å². The molecular weight excluding hydrogens is 143 g/mol. The van der Waals surface area contributed by atoms with Crippen molar-refractivity contribution < 1.29 is 0 Å².